The number of anilines is 2. The average molecular weight is 462 g/mol. The fourth-order valence-electron chi connectivity index (χ4n) is 3.28. The van der Waals surface area contributed by atoms with Gasteiger partial charge in [0.15, 0.2) is 0 Å². The summed E-state index contributed by atoms with van der Waals surface area (Å²) >= 11 is 6.00. The Morgan fingerprint density at radius 1 is 1.09 bits per heavy atom. The molecule has 168 valence electrons. The lowest BCUT2D eigenvalue weighted by Gasteiger charge is -2.28. The van der Waals surface area contributed by atoms with Gasteiger partial charge in [-0.25, -0.2) is 14.8 Å². The zero-order valence-electron chi connectivity index (χ0n) is 17.3. The number of nitro groups is 1. The SMILES string of the molecule is COc1ccc(Cl)cc1NC(=O)N1CCCN1C(=O)c1cc(NC(C)=O)ccc1[N+](=O)[O-]. The number of methoxy groups -OCH3 is 1. The van der Waals surface area contributed by atoms with Crippen LogP contribution in [0.1, 0.15) is 23.7 Å². The third-order valence-electron chi connectivity index (χ3n) is 4.65. The van der Waals surface area contributed by atoms with Crippen LogP contribution in [-0.2, 0) is 4.79 Å². The van der Waals surface area contributed by atoms with Gasteiger partial charge in [-0.2, -0.15) is 0 Å². The number of ether oxygens (including phenoxy) is 1. The molecule has 0 spiro atoms. The maximum absolute atomic E-state index is 13.2. The van der Waals surface area contributed by atoms with Gasteiger partial charge in [0.1, 0.15) is 11.3 Å². The van der Waals surface area contributed by atoms with Crippen LogP contribution in [0.3, 0.4) is 0 Å². The van der Waals surface area contributed by atoms with Crippen LogP contribution in [0.2, 0.25) is 5.02 Å². The first-order valence-electron chi connectivity index (χ1n) is 9.51. The van der Waals surface area contributed by atoms with E-state index in [4.69, 9.17) is 16.3 Å². The molecule has 1 fully saturated rings. The normalized spacial score (nSPS) is 13.0. The molecule has 11 nitrogen and oxygen atoms in total. The molecule has 1 aliphatic rings. The quantitative estimate of drug-likeness (QED) is 0.516. The summed E-state index contributed by atoms with van der Waals surface area (Å²) in [5.41, 5.74) is -0.151. The molecular weight excluding hydrogens is 442 g/mol. The fourth-order valence-corrected chi connectivity index (χ4v) is 3.45. The summed E-state index contributed by atoms with van der Waals surface area (Å²) in [7, 11) is 1.44. The minimum atomic E-state index is -0.741. The number of nitro benzene ring substituents is 1. The molecule has 2 aromatic carbocycles. The molecule has 32 heavy (non-hydrogen) atoms. The number of carbonyl (C=O) groups is 3. The average Bonchev–Trinajstić information content (AvgIpc) is 3.23. The second-order valence-corrected chi connectivity index (χ2v) is 7.29. The van der Waals surface area contributed by atoms with E-state index in [-0.39, 0.29) is 24.3 Å². The van der Waals surface area contributed by atoms with Crippen molar-refractivity contribution in [3.63, 3.8) is 0 Å². The molecule has 1 heterocycles. The predicted octanol–water partition coefficient (Wildman–Crippen LogP) is 3.51. The highest BCUT2D eigenvalue weighted by Crippen LogP contribution is 2.30. The molecule has 1 aliphatic heterocycles. The third-order valence-corrected chi connectivity index (χ3v) is 4.88. The number of nitrogens with zero attached hydrogens (tertiary/aromatic N) is 3. The van der Waals surface area contributed by atoms with Crippen molar-refractivity contribution in [2.24, 2.45) is 0 Å². The van der Waals surface area contributed by atoms with E-state index in [0.717, 1.165) is 16.1 Å². The van der Waals surface area contributed by atoms with Crippen molar-refractivity contribution >= 4 is 46.5 Å². The molecule has 0 aliphatic carbocycles. The smallest absolute Gasteiger partial charge is 0.340 e. The number of urea groups is 1. The molecule has 0 bridgehead atoms. The van der Waals surface area contributed by atoms with E-state index in [1.807, 2.05) is 0 Å². The van der Waals surface area contributed by atoms with Gasteiger partial charge in [0.05, 0.1) is 17.7 Å². The van der Waals surface area contributed by atoms with Crippen LogP contribution in [0.4, 0.5) is 21.9 Å². The third kappa shape index (κ3) is 4.89. The standard InChI is InChI=1S/C20H20ClN5O6/c1-12(27)22-14-5-6-17(26(30)31)15(11-14)19(28)24-8-3-9-25(24)20(29)23-16-10-13(21)4-7-18(16)32-2/h4-7,10-11H,3,8-9H2,1-2H3,(H,22,27)(H,23,29). The number of carbonyl (C=O) groups excluding carboxylic acids is 3. The first-order valence-corrected chi connectivity index (χ1v) is 9.89. The first-order chi connectivity index (χ1) is 15.2. The largest absolute Gasteiger partial charge is 0.495 e. The number of halogens is 1. The molecule has 0 saturated carbocycles. The highest BCUT2D eigenvalue weighted by atomic mass is 35.5. The summed E-state index contributed by atoms with van der Waals surface area (Å²) in [6, 6.07) is 7.74. The Morgan fingerprint density at radius 2 is 1.81 bits per heavy atom. The Morgan fingerprint density at radius 3 is 2.47 bits per heavy atom. The van der Waals surface area contributed by atoms with Crippen molar-refractivity contribution in [1.82, 2.24) is 10.0 Å². The van der Waals surface area contributed by atoms with Gasteiger partial charge in [-0.1, -0.05) is 11.6 Å². The van der Waals surface area contributed by atoms with Crippen molar-refractivity contribution in [3.8, 4) is 5.75 Å². The zero-order chi connectivity index (χ0) is 23.4. The van der Waals surface area contributed by atoms with Crippen molar-refractivity contribution in [1.29, 1.82) is 0 Å². The molecule has 2 N–H and O–H groups in total. The first kappa shape index (κ1) is 22.8. The summed E-state index contributed by atoms with van der Waals surface area (Å²) < 4.78 is 5.21. The number of nitrogens with one attached hydrogen (secondary N) is 2. The predicted molar refractivity (Wildman–Crippen MR) is 117 cm³/mol. The van der Waals surface area contributed by atoms with E-state index in [1.54, 1.807) is 12.1 Å². The van der Waals surface area contributed by atoms with E-state index >= 15 is 0 Å². The van der Waals surface area contributed by atoms with Gasteiger partial charge < -0.3 is 15.4 Å². The number of hydrogen-bond donors (Lipinski definition) is 2. The summed E-state index contributed by atoms with van der Waals surface area (Å²) in [6.45, 7) is 1.68. The van der Waals surface area contributed by atoms with Crippen molar-refractivity contribution in [2.45, 2.75) is 13.3 Å². The fraction of sp³-hybridized carbons (Fsp3) is 0.250. The molecule has 0 aromatic heterocycles. The van der Waals surface area contributed by atoms with Gasteiger partial charge in [0.2, 0.25) is 5.91 Å². The lowest BCUT2D eigenvalue weighted by molar-refractivity contribution is -0.385. The van der Waals surface area contributed by atoms with Crippen LogP contribution in [0.5, 0.6) is 5.75 Å². The summed E-state index contributed by atoms with van der Waals surface area (Å²) in [5, 5.41) is 19.3. The highest BCUT2D eigenvalue weighted by Gasteiger charge is 2.35. The maximum Gasteiger partial charge on any atom is 0.340 e. The van der Waals surface area contributed by atoms with Gasteiger partial charge in [-0.3, -0.25) is 19.7 Å². The van der Waals surface area contributed by atoms with E-state index in [2.05, 4.69) is 10.6 Å². The second kappa shape index (κ2) is 9.52. The Labute approximate surface area is 188 Å². The minimum Gasteiger partial charge on any atom is -0.495 e. The zero-order valence-corrected chi connectivity index (χ0v) is 18.0. The lowest BCUT2D eigenvalue weighted by atomic mass is 10.1. The van der Waals surface area contributed by atoms with Crippen molar-refractivity contribution < 1.29 is 24.0 Å². The molecule has 0 atom stereocenters. The van der Waals surface area contributed by atoms with Crippen molar-refractivity contribution in [2.75, 3.05) is 30.8 Å². The van der Waals surface area contributed by atoms with Crippen molar-refractivity contribution in [3.05, 3.63) is 57.1 Å². The van der Waals surface area contributed by atoms with Crippen LogP contribution in [0.15, 0.2) is 36.4 Å². The maximum atomic E-state index is 13.2. The van der Waals surface area contributed by atoms with E-state index in [0.29, 0.717) is 22.9 Å². The molecule has 3 rings (SSSR count). The Bertz CT molecular complexity index is 1090. The molecule has 1 saturated heterocycles. The summed E-state index contributed by atoms with van der Waals surface area (Å²) in [4.78, 5) is 48.2. The second-order valence-electron chi connectivity index (χ2n) is 6.85. The Hall–Kier alpha value is -3.86. The summed E-state index contributed by atoms with van der Waals surface area (Å²) in [5.74, 6) is -0.761. The van der Waals surface area contributed by atoms with Crippen LogP contribution in [0.25, 0.3) is 0 Å². The minimum absolute atomic E-state index is 0.181. The van der Waals surface area contributed by atoms with Gasteiger partial charge in [0, 0.05) is 36.8 Å². The van der Waals surface area contributed by atoms with Gasteiger partial charge in [0.25, 0.3) is 11.6 Å². The Balaban J connectivity index is 1.88. The van der Waals surface area contributed by atoms with Gasteiger partial charge in [-0.05, 0) is 36.8 Å². The van der Waals surface area contributed by atoms with E-state index < -0.39 is 28.5 Å². The van der Waals surface area contributed by atoms with Crippen LogP contribution in [-0.4, -0.2) is 53.0 Å². The number of rotatable bonds is 5. The lowest BCUT2D eigenvalue weighted by Crippen LogP contribution is -2.46. The number of benzene rings is 2. The monoisotopic (exact) mass is 461 g/mol. The number of hydrogen-bond acceptors (Lipinski definition) is 6. The molecule has 2 aromatic rings. The van der Waals surface area contributed by atoms with Crippen LogP contribution < -0.4 is 15.4 Å². The molecular formula is C20H20ClN5O6. The summed E-state index contributed by atoms with van der Waals surface area (Å²) in [6.07, 6.45) is 0.477. The molecule has 0 unspecified atom stereocenters. The highest BCUT2D eigenvalue weighted by molar-refractivity contribution is 6.31. The number of hydrazine groups is 1. The van der Waals surface area contributed by atoms with Gasteiger partial charge in [-0.15, -0.1) is 0 Å². The Kier molecular flexibility index (Phi) is 6.79. The molecule has 0 radical (unpaired) electrons. The topological polar surface area (TPSA) is 134 Å². The van der Waals surface area contributed by atoms with E-state index in [1.165, 1.54) is 32.2 Å². The van der Waals surface area contributed by atoms with Crippen LogP contribution >= 0.6 is 11.6 Å². The molecule has 4 amide bonds. The number of amides is 4. The molecule has 12 heteroatoms. The van der Waals surface area contributed by atoms with Crippen LogP contribution in [0, 0.1) is 10.1 Å². The van der Waals surface area contributed by atoms with Gasteiger partial charge >= 0.3 is 6.03 Å². The van der Waals surface area contributed by atoms with E-state index in [9.17, 15) is 24.5 Å².